The predicted molar refractivity (Wildman–Crippen MR) is 105 cm³/mol. The van der Waals surface area contributed by atoms with E-state index in [4.69, 9.17) is 16.3 Å². The molecule has 140 valence electrons. The fourth-order valence-corrected chi connectivity index (χ4v) is 3.39. The lowest BCUT2D eigenvalue weighted by molar-refractivity contribution is 0.0766. The molecule has 3 aromatic rings. The Morgan fingerprint density at radius 2 is 2.15 bits per heavy atom. The van der Waals surface area contributed by atoms with Crippen molar-refractivity contribution in [2.45, 2.75) is 12.5 Å². The van der Waals surface area contributed by atoms with E-state index < -0.39 is 0 Å². The SMILES string of the molecule is CN(C)c1cc(OC2CCN(C(=O)c3cc4cc(Cl)ccc4[nH]3)C2)ncn1. The van der Waals surface area contributed by atoms with E-state index in [0.29, 0.717) is 29.7 Å². The van der Waals surface area contributed by atoms with Gasteiger partial charge in [-0.2, -0.15) is 0 Å². The quantitative estimate of drug-likeness (QED) is 0.747. The minimum atomic E-state index is -0.0855. The number of ether oxygens (including phenoxy) is 1. The third kappa shape index (κ3) is 3.68. The Hall–Kier alpha value is -2.80. The number of hydrogen-bond acceptors (Lipinski definition) is 5. The molecule has 7 nitrogen and oxygen atoms in total. The van der Waals surface area contributed by atoms with E-state index in [1.54, 1.807) is 17.0 Å². The number of carbonyl (C=O) groups is 1. The molecule has 0 aliphatic carbocycles. The smallest absolute Gasteiger partial charge is 0.270 e. The lowest BCUT2D eigenvalue weighted by Gasteiger charge is -2.17. The molecule has 1 amide bonds. The highest BCUT2D eigenvalue weighted by Crippen LogP contribution is 2.23. The number of nitrogens with zero attached hydrogens (tertiary/aromatic N) is 4. The summed E-state index contributed by atoms with van der Waals surface area (Å²) in [6.07, 6.45) is 2.16. The van der Waals surface area contributed by atoms with Crippen molar-refractivity contribution >= 4 is 34.2 Å². The van der Waals surface area contributed by atoms with E-state index in [9.17, 15) is 4.79 Å². The first kappa shape index (κ1) is 17.6. The van der Waals surface area contributed by atoms with Gasteiger partial charge in [0.1, 0.15) is 23.9 Å². The molecule has 4 rings (SSSR count). The first-order valence-corrected chi connectivity index (χ1v) is 9.11. The van der Waals surface area contributed by atoms with Gasteiger partial charge in [-0.25, -0.2) is 9.97 Å². The van der Waals surface area contributed by atoms with Crippen molar-refractivity contribution in [1.82, 2.24) is 19.9 Å². The van der Waals surface area contributed by atoms with E-state index in [1.807, 2.05) is 37.2 Å². The summed E-state index contributed by atoms with van der Waals surface area (Å²) in [6, 6.07) is 9.16. The van der Waals surface area contributed by atoms with Crippen LogP contribution in [0.15, 0.2) is 36.7 Å². The number of halogens is 1. The van der Waals surface area contributed by atoms with Crippen molar-refractivity contribution < 1.29 is 9.53 Å². The van der Waals surface area contributed by atoms with Crippen LogP contribution in [0.25, 0.3) is 10.9 Å². The van der Waals surface area contributed by atoms with E-state index in [0.717, 1.165) is 23.1 Å². The van der Waals surface area contributed by atoms with Crippen LogP contribution in [0, 0.1) is 0 Å². The molecule has 2 aromatic heterocycles. The highest BCUT2D eigenvalue weighted by Gasteiger charge is 2.29. The van der Waals surface area contributed by atoms with Crippen LogP contribution in [0.4, 0.5) is 5.82 Å². The Kier molecular flexibility index (Phi) is 4.61. The minimum absolute atomic E-state index is 0.0370. The molecule has 8 heteroatoms. The number of likely N-dealkylation sites (tertiary alicyclic amines) is 1. The molecule has 1 atom stereocenters. The molecular formula is C19H20ClN5O2. The maximum Gasteiger partial charge on any atom is 0.270 e. The highest BCUT2D eigenvalue weighted by molar-refractivity contribution is 6.31. The Bertz CT molecular complexity index is 987. The third-order valence-corrected chi connectivity index (χ3v) is 4.85. The molecule has 1 saturated heterocycles. The molecule has 1 unspecified atom stereocenters. The summed E-state index contributed by atoms with van der Waals surface area (Å²) >= 11 is 6.02. The van der Waals surface area contributed by atoms with Gasteiger partial charge in [0.15, 0.2) is 0 Å². The fraction of sp³-hybridized carbons (Fsp3) is 0.316. The van der Waals surface area contributed by atoms with Crippen molar-refractivity contribution in [2.75, 3.05) is 32.1 Å². The zero-order valence-corrected chi connectivity index (χ0v) is 15.9. The highest BCUT2D eigenvalue weighted by atomic mass is 35.5. The van der Waals surface area contributed by atoms with Crippen molar-refractivity contribution in [3.8, 4) is 5.88 Å². The Balaban J connectivity index is 1.44. The molecule has 27 heavy (non-hydrogen) atoms. The topological polar surface area (TPSA) is 74.3 Å². The molecule has 3 heterocycles. The number of amides is 1. The summed E-state index contributed by atoms with van der Waals surface area (Å²) in [5, 5.41) is 1.58. The molecule has 1 aromatic carbocycles. The molecule has 1 fully saturated rings. The zero-order valence-electron chi connectivity index (χ0n) is 15.1. The van der Waals surface area contributed by atoms with Crippen LogP contribution >= 0.6 is 11.6 Å². The molecule has 1 N–H and O–H groups in total. The van der Waals surface area contributed by atoms with E-state index in [2.05, 4.69) is 15.0 Å². The van der Waals surface area contributed by atoms with Crippen LogP contribution in [0.5, 0.6) is 5.88 Å². The third-order valence-electron chi connectivity index (χ3n) is 4.62. The lowest BCUT2D eigenvalue weighted by atomic mass is 10.2. The summed E-state index contributed by atoms with van der Waals surface area (Å²) in [4.78, 5) is 28.0. The van der Waals surface area contributed by atoms with Crippen molar-refractivity contribution in [3.05, 3.63) is 47.4 Å². The number of rotatable bonds is 4. The van der Waals surface area contributed by atoms with Gasteiger partial charge in [0.05, 0.1) is 6.54 Å². The van der Waals surface area contributed by atoms with Gasteiger partial charge in [-0.3, -0.25) is 4.79 Å². The fourth-order valence-electron chi connectivity index (χ4n) is 3.21. The van der Waals surface area contributed by atoms with Crippen LogP contribution < -0.4 is 9.64 Å². The van der Waals surface area contributed by atoms with E-state index >= 15 is 0 Å². The van der Waals surface area contributed by atoms with Crippen LogP contribution in [-0.2, 0) is 0 Å². The maximum atomic E-state index is 12.8. The van der Waals surface area contributed by atoms with Gasteiger partial charge in [0.25, 0.3) is 5.91 Å². The van der Waals surface area contributed by atoms with Crippen molar-refractivity contribution in [2.24, 2.45) is 0 Å². The zero-order chi connectivity index (χ0) is 19.0. The maximum absolute atomic E-state index is 12.8. The van der Waals surface area contributed by atoms with Gasteiger partial charge in [-0.05, 0) is 24.3 Å². The summed E-state index contributed by atoms with van der Waals surface area (Å²) in [7, 11) is 3.82. The first-order chi connectivity index (χ1) is 13.0. The number of carbonyl (C=O) groups excluding carboxylic acids is 1. The standard InChI is InChI=1S/C19H20ClN5O2/c1-24(2)17-9-18(22-11-21-17)27-14-5-6-25(10-14)19(26)16-8-12-7-13(20)3-4-15(12)23-16/h3-4,7-9,11,14,23H,5-6,10H2,1-2H3. The number of aromatic nitrogens is 3. The Morgan fingerprint density at radius 3 is 2.96 bits per heavy atom. The van der Waals surface area contributed by atoms with Gasteiger partial charge in [-0.1, -0.05) is 11.6 Å². The second-order valence-electron chi connectivity index (χ2n) is 6.80. The molecular weight excluding hydrogens is 366 g/mol. The summed E-state index contributed by atoms with van der Waals surface area (Å²) in [5.41, 5.74) is 1.46. The number of anilines is 1. The van der Waals surface area contributed by atoms with Gasteiger partial charge in [-0.15, -0.1) is 0 Å². The van der Waals surface area contributed by atoms with E-state index in [-0.39, 0.29) is 12.0 Å². The van der Waals surface area contributed by atoms with Crippen LogP contribution in [0.3, 0.4) is 0 Å². The average Bonchev–Trinajstić information content (AvgIpc) is 3.28. The van der Waals surface area contributed by atoms with Crippen molar-refractivity contribution in [3.63, 3.8) is 0 Å². The lowest BCUT2D eigenvalue weighted by Crippen LogP contribution is -2.31. The second-order valence-corrected chi connectivity index (χ2v) is 7.24. The summed E-state index contributed by atoms with van der Waals surface area (Å²) in [6.45, 7) is 1.17. The Morgan fingerprint density at radius 1 is 1.30 bits per heavy atom. The summed E-state index contributed by atoms with van der Waals surface area (Å²) < 4.78 is 5.96. The van der Waals surface area contributed by atoms with Crippen LogP contribution in [0.1, 0.15) is 16.9 Å². The molecule has 1 aliphatic rings. The summed E-state index contributed by atoms with van der Waals surface area (Å²) in [5.74, 6) is 1.26. The van der Waals surface area contributed by atoms with Gasteiger partial charge in [0, 0.05) is 49.1 Å². The molecule has 0 radical (unpaired) electrons. The average molecular weight is 386 g/mol. The van der Waals surface area contributed by atoms with Crippen molar-refractivity contribution in [1.29, 1.82) is 0 Å². The largest absolute Gasteiger partial charge is 0.472 e. The number of aromatic amines is 1. The number of H-pyrrole nitrogens is 1. The molecule has 0 bridgehead atoms. The normalized spacial score (nSPS) is 16.7. The van der Waals surface area contributed by atoms with Gasteiger partial charge >= 0.3 is 0 Å². The number of nitrogens with one attached hydrogen (secondary N) is 1. The number of hydrogen-bond donors (Lipinski definition) is 1. The number of benzene rings is 1. The number of fused-ring (bicyclic) bond motifs is 1. The van der Waals surface area contributed by atoms with Crippen LogP contribution in [0.2, 0.25) is 5.02 Å². The predicted octanol–water partition coefficient (Wildman–Crippen LogP) is 2.97. The molecule has 0 spiro atoms. The first-order valence-electron chi connectivity index (χ1n) is 8.73. The Labute approximate surface area is 161 Å². The molecule has 0 saturated carbocycles. The van der Waals surface area contributed by atoms with E-state index in [1.165, 1.54) is 6.33 Å². The monoisotopic (exact) mass is 385 g/mol. The molecule has 1 aliphatic heterocycles. The van der Waals surface area contributed by atoms with Gasteiger partial charge < -0.3 is 19.5 Å². The van der Waals surface area contributed by atoms with Crippen LogP contribution in [-0.4, -0.2) is 59.0 Å². The van der Waals surface area contributed by atoms with Gasteiger partial charge in [0.2, 0.25) is 5.88 Å². The minimum Gasteiger partial charge on any atom is -0.472 e. The second kappa shape index (κ2) is 7.08.